The summed E-state index contributed by atoms with van der Waals surface area (Å²) in [5.41, 5.74) is 0. The lowest BCUT2D eigenvalue weighted by atomic mass is 10.1. The van der Waals surface area contributed by atoms with Gasteiger partial charge in [0.25, 0.3) is 0 Å². The molecule has 16 heavy (non-hydrogen) atoms. The summed E-state index contributed by atoms with van der Waals surface area (Å²) in [5.74, 6) is 0.649. The number of hydrogen-bond acceptors (Lipinski definition) is 3. The average Bonchev–Trinajstić information content (AvgIpc) is 2.89. The predicted octanol–water partition coefficient (Wildman–Crippen LogP) is -0.619. The first-order valence-corrected chi connectivity index (χ1v) is 6.03. The molecule has 90 valence electrons. The summed E-state index contributed by atoms with van der Waals surface area (Å²) in [7, 11) is 0. The van der Waals surface area contributed by atoms with Gasteiger partial charge in [0, 0.05) is 13.0 Å². The molecule has 0 aliphatic carbocycles. The molecule has 0 bridgehead atoms. The van der Waals surface area contributed by atoms with Gasteiger partial charge in [-0.3, -0.25) is 9.59 Å². The molecule has 2 aliphatic heterocycles. The maximum Gasteiger partial charge on any atom is 0.242 e. The first kappa shape index (κ1) is 11.4. The standard InChI is InChI=1S/C11H19N3O2/c15-10-2-1-9(14-10)11(16)13-6-4-8-3-5-12-7-8/h8-9,12H,1-7H2,(H,13,16)(H,14,15)/t8?,9-/m1/s1. The fourth-order valence-electron chi connectivity index (χ4n) is 2.29. The van der Waals surface area contributed by atoms with Gasteiger partial charge in [-0.25, -0.2) is 0 Å². The Balaban J connectivity index is 1.61. The predicted molar refractivity (Wildman–Crippen MR) is 59.8 cm³/mol. The van der Waals surface area contributed by atoms with E-state index in [1.165, 1.54) is 6.42 Å². The minimum absolute atomic E-state index is 0.0138. The molecule has 2 heterocycles. The van der Waals surface area contributed by atoms with E-state index in [0.717, 1.165) is 26.1 Å². The second-order valence-corrected chi connectivity index (χ2v) is 4.60. The van der Waals surface area contributed by atoms with E-state index in [-0.39, 0.29) is 17.9 Å². The van der Waals surface area contributed by atoms with Crippen molar-refractivity contribution in [1.29, 1.82) is 0 Å². The number of carbonyl (C=O) groups excluding carboxylic acids is 2. The Kier molecular flexibility index (Phi) is 3.77. The van der Waals surface area contributed by atoms with Gasteiger partial charge in [0.05, 0.1) is 0 Å². The van der Waals surface area contributed by atoms with Crippen LogP contribution in [0.3, 0.4) is 0 Å². The molecule has 2 rings (SSSR count). The summed E-state index contributed by atoms with van der Waals surface area (Å²) < 4.78 is 0. The minimum atomic E-state index is -0.297. The molecular weight excluding hydrogens is 206 g/mol. The largest absolute Gasteiger partial charge is 0.354 e. The molecule has 2 amide bonds. The summed E-state index contributed by atoms with van der Waals surface area (Å²) in [6.45, 7) is 2.88. The lowest BCUT2D eigenvalue weighted by Gasteiger charge is -2.12. The highest BCUT2D eigenvalue weighted by Crippen LogP contribution is 2.11. The summed E-state index contributed by atoms with van der Waals surface area (Å²) in [4.78, 5) is 22.6. The highest BCUT2D eigenvalue weighted by molar-refractivity contribution is 5.90. The second-order valence-electron chi connectivity index (χ2n) is 4.60. The summed E-state index contributed by atoms with van der Waals surface area (Å²) in [6.07, 6.45) is 3.34. The van der Waals surface area contributed by atoms with E-state index in [4.69, 9.17) is 0 Å². The number of nitrogens with one attached hydrogen (secondary N) is 3. The van der Waals surface area contributed by atoms with E-state index in [9.17, 15) is 9.59 Å². The van der Waals surface area contributed by atoms with Gasteiger partial charge in [0.1, 0.15) is 6.04 Å². The summed E-state index contributed by atoms with van der Waals surface area (Å²) >= 11 is 0. The van der Waals surface area contributed by atoms with Crippen molar-refractivity contribution in [3.63, 3.8) is 0 Å². The Morgan fingerprint density at radius 3 is 2.94 bits per heavy atom. The molecule has 0 saturated carbocycles. The van der Waals surface area contributed by atoms with Crippen LogP contribution in [-0.4, -0.2) is 37.5 Å². The van der Waals surface area contributed by atoms with Gasteiger partial charge in [-0.1, -0.05) is 0 Å². The molecule has 5 nitrogen and oxygen atoms in total. The molecule has 2 fully saturated rings. The maximum atomic E-state index is 11.6. The van der Waals surface area contributed by atoms with Crippen molar-refractivity contribution in [2.75, 3.05) is 19.6 Å². The van der Waals surface area contributed by atoms with Crippen LogP contribution < -0.4 is 16.0 Å². The van der Waals surface area contributed by atoms with E-state index in [2.05, 4.69) is 16.0 Å². The Labute approximate surface area is 95.3 Å². The fraction of sp³-hybridized carbons (Fsp3) is 0.818. The first-order chi connectivity index (χ1) is 7.75. The molecule has 0 aromatic carbocycles. The van der Waals surface area contributed by atoms with E-state index in [1.807, 2.05) is 0 Å². The summed E-state index contributed by atoms with van der Waals surface area (Å²) in [5, 5.41) is 8.86. The van der Waals surface area contributed by atoms with Crippen LogP contribution in [0.5, 0.6) is 0 Å². The van der Waals surface area contributed by atoms with Crippen molar-refractivity contribution in [2.45, 2.75) is 31.7 Å². The number of hydrogen-bond donors (Lipinski definition) is 3. The van der Waals surface area contributed by atoms with Crippen LogP contribution in [0, 0.1) is 5.92 Å². The fourth-order valence-corrected chi connectivity index (χ4v) is 2.29. The molecular formula is C11H19N3O2. The lowest BCUT2D eigenvalue weighted by molar-refractivity contribution is -0.125. The van der Waals surface area contributed by atoms with Crippen LogP contribution in [0.15, 0.2) is 0 Å². The highest BCUT2D eigenvalue weighted by Gasteiger charge is 2.26. The van der Waals surface area contributed by atoms with E-state index in [0.29, 0.717) is 18.8 Å². The lowest BCUT2D eigenvalue weighted by Crippen LogP contribution is -2.42. The van der Waals surface area contributed by atoms with Crippen molar-refractivity contribution in [2.24, 2.45) is 5.92 Å². The zero-order valence-electron chi connectivity index (χ0n) is 9.42. The van der Waals surface area contributed by atoms with E-state index >= 15 is 0 Å². The Hall–Kier alpha value is -1.10. The quantitative estimate of drug-likeness (QED) is 0.597. The second kappa shape index (κ2) is 5.30. The van der Waals surface area contributed by atoms with Gasteiger partial charge in [-0.2, -0.15) is 0 Å². The minimum Gasteiger partial charge on any atom is -0.354 e. The van der Waals surface area contributed by atoms with Crippen molar-refractivity contribution in [3.05, 3.63) is 0 Å². The summed E-state index contributed by atoms with van der Waals surface area (Å²) in [6, 6.07) is -0.297. The molecule has 3 N–H and O–H groups in total. The van der Waals surface area contributed by atoms with Crippen molar-refractivity contribution in [3.8, 4) is 0 Å². The zero-order chi connectivity index (χ0) is 11.4. The third-order valence-electron chi connectivity index (χ3n) is 3.33. The Morgan fingerprint density at radius 1 is 1.44 bits per heavy atom. The van der Waals surface area contributed by atoms with Gasteiger partial charge in [-0.05, 0) is 38.3 Å². The van der Waals surface area contributed by atoms with E-state index < -0.39 is 0 Å². The van der Waals surface area contributed by atoms with Crippen LogP contribution in [0.25, 0.3) is 0 Å². The van der Waals surface area contributed by atoms with Crippen LogP contribution in [0.2, 0.25) is 0 Å². The molecule has 0 radical (unpaired) electrons. The third kappa shape index (κ3) is 2.95. The molecule has 1 unspecified atom stereocenters. The van der Waals surface area contributed by atoms with Gasteiger partial charge in [0.2, 0.25) is 11.8 Å². The van der Waals surface area contributed by atoms with Gasteiger partial charge in [-0.15, -0.1) is 0 Å². The van der Waals surface area contributed by atoms with Gasteiger partial charge < -0.3 is 16.0 Å². The number of carbonyl (C=O) groups is 2. The topological polar surface area (TPSA) is 70.2 Å². The van der Waals surface area contributed by atoms with Crippen LogP contribution in [0.1, 0.15) is 25.7 Å². The maximum absolute atomic E-state index is 11.6. The van der Waals surface area contributed by atoms with E-state index in [1.54, 1.807) is 0 Å². The molecule has 0 spiro atoms. The molecule has 0 aromatic rings. The molecule has 0 aromatic heterocycles. The normalized spacial score (nSPS) is 29.1. The molecule has 2 atom stereocenters. The number of rotatable bonds is 4. The SMILES string of the molecule is O=C1CC[C@H](C(=O)NCCC2CCNC2)N1. The Morgan fingerprint density at radius 2 is 2.31 bits per heavy atom. The first-order valence-electron chi connectivity index (χ1n) is 6.03. The average molecular weight is 225 g/mol. The van der Waals surface area contributed by atoms with Crippen molar-refractivity contribution < 1.29 is 9.59 Å². The van der Waals surface area contributed by atoms with Gasteiger partial charge in [0.15, 0.2) is 0 Å². The zero-order valence-corrected chi connectivity index (χ0v) is 9.42. The smallest absolute Gasteiger partial charge is 0.242 e. The third-order valence-corrected chi connectivity index (χ3v) is 3.33. The van der Waals surface area contributed by atoms with Crippen molar-refractivity contribution in [1.82, 2.24) is 16.0 Å². The number of amides is 2. The molecule has 2 aliphatic rings. The van der Waals surface area contributed by atoms with Crippen molar-refractivity contribution >= 4 is 11.8 Å². The van der Waals surface area contributed by atoms with Crippen LogP contribution in [0.4, 0.5) is 0 Å². The Bertz CT molecular complexity index is 274. The molecule has 2 saturated heterocycles. The highest BCUT2D eigenvalue weighted by atomic mass is 16.2. The monoisotopic (exact) mass is 225 g/mol. The van der Waals surface area contributed by atoms with Crippen LogP contribution >= 0.6 is 0 Å². The van der Waals surface area contributed by atoms with Gasteiger partial charge >= 0.3 is 0 Å². The molecule has 5 heteroatoms. The van der Waals surface area contributed by atoms with Crippen LogP contribution in [-0.2, 0) is 9.59 Å².